The molecule has 1 aromatic carbocycles. The number of aliphatic hydroxyl groups excluding tert-OH is 1. The number of aldehydes is 1. The van der Waals surface area contributed by atoms with Gasteiger partial charge in [-0.05, 0) is 31.5 Å². The van der Waals surface area contributed by atoms with Crippen LogP contribution in [-0.2, 0) is 4.84 Å². The Morgan fingerprint density at radius 3 is 2.22 bits per heavy atom. The number of nitrogens with one attached hydrogen (secondary N) is 1. The highest BCUT2D eigenvalue weighted by atomic mass is 19.1. The quantitative estimate of drug-likeness (QED) is 0.638. The molecule has 0 aliphatic carbocycles. The number of hydroxylamine groups is 1. The van der Waals surface area contributed by atoms with Crippen molar-refractivity contribution in [2.75, 3.05) is 13.7 Å². The van der Waals surface area contributed by atoms with Crippen LogP contribution in [0.25, 0.3) is 0 Å². The molecule has 1 atom stereocenters. The lowest BCUT2D eigenvalue weighted by atomic mass is 10.1. The maximum Gasteiger partial charge on any atom is 0.155 e. The van der Waals surface area contributed by atoms with Gasteiger partial charge in [-0.25, -0.2) is 14.3 Å². The first-order chi connectivity index (χ1) is 8.42. The van der Waals surface area contributed by atoms with Crippen molar-refractivity contribution in [3.63, 3.8) is 0 Å². The van der Waals surface area contributed by atoms with Crippen molar-refractivity contribution < 1.29 is 23.5 Å². The van der Waals surface area contributed by atoms with Gasteiger partial charge < -0.3 is 5.11 Å². The highest BCUT2D eigenvalue weighted by Gasteiger charge is 2.07. The van der Waals surface area contributed by atoms with E-state index in [1.165, 1.54) is 0 Å². The number of hydrogen-bond acceptors (Lipinski definition) is 4. The summed E-state index contributed by atoms with van der Waals surface area (Å²) in [6, 6.07) is 2.24. The Bertz CT molecular complexity index is 361. The van der Waals surface area contributed by atoms with E-state index in [1.54, 1.807) is 20.9 Å². The molecule has 0 spiro atoms. The molecule has 1 unspecified atom stereocenters. The monoisotopic (exact) mass is 261 g/mol. The maximum absolute atomic E-state index is 12.6. The second kappa shape index (κ2) is 8.68. The Hall–Kier alpha value is -1.37. The summed E-state index contributed by atoms with van der Waals surface area (Å²) < 4.78 is 25.3. The lowest BCUT2D eigenvalue weighted by Crippen LogP contribution is -2.17. The van der Waals surface area contributed by atoms with Crippen molar-refractivity contribution >= 4 is 6.29 Å². The van der Waals surface area contributed by atoms with Gasteiger partial charge in [0.15, 0.2) is 6.29 Å². The fraction of sp³-hybridized carbons (Fsp3) is 0.417. The van der Waals surface area contributed by atoms with Gasteiger partial charge in [-0.15, -0.1) is 0 Å². The molecule has 0 heterocycles. The van der Waals surface area contributed by atoms with E-state index < -0.39 is 17.2 Å². The Kier molecular flexibility index (Phi) is 8.02. The van der Waals surface area contributed by atoms with Gasteiger partial charge in [0, 0.05) is 7.05 Å². The number of benzene rings is 1. The molecule has 0 aromatic heterocycles. The minimum atomic E-state index is -0.808. The number of halogens is 2. The summed E-state index contributed by atoms with van der Waals surface area (Å²) in [6.07, 6.45) is -0.211. The zero-order chi connectivity index (χ0) is 14.1. The van der Waals surface area contributed by atoms with Gasteiger partial charge in [0.2, 0.25) is 0 Å². The van der Waals surface area contributed by atoms with E-state index in [-0.39, 0.29) is 12.4 Å². The van der Waals surface area contributed by atoms with E-state index in [9.17, 15) is 13.6 Å². The minimum absolute atomic E-state index is 0.171. The number of rotatable bonds is 4. The third-order valence-corrected chi connectivity index (χ3v) is 1.81. The second-order valence-corrected chi connectivity index (χ2v) is 3.62. The molecular weight excluding hydrogens is 244 g/mol. The number of carbonyl (C=O) groups excluding carboxylic acids is 1. The van der Waals surface area contributed by atoms with Crippen LogP contribution in [0.3, 0.4) is 0 Å². The van der Waals surface area contributed by atoms with Gasteiger partial charge in [-0.1, -0.05) is 0 Å². The van der Waals surface area contributed by atoms with Crippen molar-refractivity contribution in [1.82, 2.24) is 5.48 Å². The SMILES string of the molecule is CNOCC(C)O.Cc1cc(F)c(C=O)c(F)c1. The fourth-order valence-corrected chi connectivity index (χ4v) is 1.03. The van der Waals surface area contributed by atoms with Crippen LogP contribution in [0.15, 0.2) is 12.1 Å². The summed E-state index contributed by atoms with van der Waals surface area (Å²) in [7, 11) is 1.66. The minimum Gasteiger partial charge on any atom is -0.391 e. The smallest absolute Gasteiger partial charge is 0.155 e. The number of hydrogen-bond donors (Lipinski definition) is 2. The summed E-state index contributed by atoms with van der Waals surface area (Å²) in [6.45, 7) is 3.56. The molecule has 0 bridgehead atoms. The largest absolute Gasteiger partial charge is 0.391 e. The van der Waals surface area contributed by atoms with E-state index >= 15 is 0 Å². The van der Waals surface area contributed by atoms with E-state index in [1.807, 2.05) is 0 Å². The third kappa shape index (κ3) is 6.39. The third-order valence-electron chi connectivity index (χ3n) is 1.81. The van der Waals surface area contributed by atoms with Gasteiger partial charge in [-0.3, -0.25) is 9.63 Å². The van der Waals surface area contributed by atoms with Crippen molar-refractivity contribution in [2.24, 2.45) is 0 Å². The van der Waals surface area contributed by atoms with Crippen LogP contribution < -0.4 is 5.48 Å². The van der Waals surface area contributed by atoms with Gasteiger partial charge in [0.05, 0.1) is 18.3 Å². The summed E-state index contributed by atoms with van der Waals surface area (Å²) in [4.78, 5) is 14.7. The summed E-state index contributed by atoms with van der Waals surface area (Å²) >= 11 is 0. The Labute approximate surface area is 105 Å². The molecule has 18 heavy (non-hydrogen) atoms. The summed E-state index contributed by atoms with van der Waals surface area (Å²) in [5, 5.41) is 8.52. The fourth-order valence-electron chi connectivity index (χ4n) is 1.03. The predicted octanol–water partition coefficient (Wildman–Crippen LogP) is 1.60. The molecule has 0 saturated carbocycles. The zero-order valence-electron chi connectivity index (χ0n) is 10.5. The van der Waals surface area contributed by atoms with Crippen LogP contribution in [0.4, 0.5) is 8.78 Å². The van der Waals surface area contributed by atoms with Crippen molar-refractivity contribution in [3.8, 4) is 0 Å². The van der Waals surface area contributed by atoms with Gasteiger partial charge in [0.1, 0.15) is 11.6 Å². The van der Waals surface area contributed by atoms with Crippen LogP contribution in [0.2, 0.25) is 0 Å². The van der Waals surface area contributed by atoms with E-state index in [2.05, 4.69) is 10.3 Å². The summed E-state index contributed by atoms with van der Waals surface area (Å²) in [5.41, 5.74) is 2.40. The molecule has 0 amide bonds. The zero-order valence-corrected chi connectivity index (χ0v) is 10.5. The van der Waals surface area contributed by atoms with E-state index in [0.29, 0.717) is 12.2 Å². The highest BCUT2D eigenvalue weighted by molar-refractivity contribution is 5.75. The lowest BCUT2D eigenvalue weighted by molar-refractivity contribution is -0.00191. The van der Waals surface area contributed by atoms with Crippen LogP contribution >= 0.6 is 0 Å². The molecule has 1 aromatic rings. The van der Waals surface area contributed by atoms with Crippen LogP contribution in [0, 0.1) is 18.6 Å². The molecule has 102 valence electrons. The molecule has 2 N–H and O–H groups in total. The lowest BCUT2D eigenvalue weighted by Gasteiger charge is -2.01. The van der Waals surface area contributed by atoms with Crippen LogP contribution in [-0.4, -0.2) is 31.2 Å². The van der Waals surface area contributed by atoms with Crippen molar-refractivity contribution in [2.45, 2.75) is 20.0 Å². The van der Waals surface area contributed by atoms with Gasteiger partial charge in [0.25, 0.3) is 0 Å². The maximum atomic E-state index is 12.6. The molecule has 0 aliphatic heterocycles. The summed E-state index contributed by atoms with van der Waals surface area (Å²) in [5.74, 6) is -1.62. The average Bonchev–Trinajstić information content (AvgIpc) is 2.26. The standard InChI is InChI=1S/C8H6F2O.C4H11NO2/c1-5-2-7(9)6(4-11)8(10)3-5;1-4(6)3-7-5-2/h2-4H,1H3;4-6H,3H2,1-2H3. The Morgan fingerprint density at radius 2 is 1.94 bits per heavy atom. The van der Waals surface area contributed by atoms with E-state index in [0.717, 1.165) is 12.1 Å². The number of carbonyl (C=O) groups is 1. The van der Waals surface area contributed by atoms with Gasteiger partial charge >= 0.3 is 0 Å². The van der Waals surface area contributed by atoms with E-state index in [4.69, 9.17) is 5.11 Å². The van der Waals surface area contributed by atoms with Crippen molar-refractivity contribution in [1.29, 1.82) is 0 Å². The molecule has 4 nitrogen and oxygen atoms in total. The Morgan fingerprint density at radius 1 is 1.44 bits per heavy atom. The number of aryl methyl sites for hydroxylation is 1. The molecule has 1 rings (SSSR count). The second-order valence-electron chi connectivity index (χ2n) is 3.62. The Balaban J connectivity index is 0.000000360. The predicted molar refractivity (Wildman–Crippen MR) is 63.2 cm³/mol. The molecular formula is C12H17F2NO3. The molecule has 0 aliphatic rings. The van der Waals surface area contributed by atoms with Crippen LogP contribution in [0.1, 0.15) is 22.8 Å². The number of aliphatic hydroxyl groups is 1. The molecule has 0 saturated heterocycles. The first-order valence-electron chi connectivity index (χ1n) is 5.29. The average molecular weight is 261 g/mol. The first kappa shape index (κ1) is 16.6. The molecule has 0 radical (unpaired) electrons. The molecule has 0 fully saturated rings. The molecule has 6 heteroatoms. The first-order valence-corrected chi connectivity index (χ1v) is 5.29. The van der Waals surface area contributed by atoms with Crippen LogP contribution in [0.5, 0.6) is 0 Å². The van der Waals surface area contributed by atoms with Gasteiger partial charge in [-0.2, -0.15) is 0 Å². The van der Waals surface area contributed by atoms with Crippen molar-refractivity contribution in [3.05, 3.63) is 34.9 Å². The highest BCUT2D eigenvalue weighted by Crippen LogP contribution is 2.12. The normalized spacial score (nSPS) is 11.4. The topological polar surface area (TPSA) is 58.6 Å².